The number of thiophene rings is 1. The van der Waals surface area contributed by atoms with Gasteiger partial charge < -0.3 is 10.1 Å². The third-order valence-corrected chi connectivity index (χ3v) is 7.17. The zero-order valence-electron chi connectivity index (χ0n) is 12.2. The number of sulfonamides is 1. The van der Waals surface area contributed by atoms with Crippen LogP contribution in [0, 0.1) is 6.92 Å². The highest BCUT2D eigenvalue weighted by Crippen LogP contribution is 2.28. The van der Waals surface area contributed by atoms with Crippen molar-refractivity contribution in [2.75, 3.05) is 13.2 Å². The first-order valence-corrected chi connectivity index (χ1v) is 9.77. The van der Waals surface area contributed by atoms with E-state index in [2.05, 4.69) is 10.0 Å². The third-order valence-electron chi connectivity index (χ3n) is 3.93. The van der Waals surface area contributed by atoms with Crippen LogP contribution in [0.25, 0.3) is 0 Å². The van der Waals surface area contributed by atoms with Gasteiger partial charge >= 0.3 is 0 Å². The van der Waals surface area contributed by atoms with Crippen LogP contribution in [-0.2, 0) is 21.3 Å². The first-order chi connectivity index (χ1) is 10.0. The van der Waals surface area contributed by atoms with Crippen LogP contribution in [0.5, 0.6) is 0 Å². The molecule has 2 N–H and O–H groups in total. The molecule has 0 spiro atoms. The highest BCUT2D eigenvalue weighted by Gasteiger charge is 2.25. The zero-order valence-corrected chi connectivity index (χ0v) is 13.9. The summed E-state index contributed by atoms with van der Waals surface area (Å²) in [5.74, 6) is 0. The molecule has 3 rings (SSSR count). The van der Waals surface area contributed by atoms with Gasteiger partial charge in [0.1, 0.15) is 4.21 Å². The van der Waals surface area contributed by atoms with Crippen molar-refractivity contribution in [1.82, 2.24) is 10.0 Å². The molecule has 1 aromatic heterocycles. The van der Waals surface area contributed by atoms with Gasteiger partial charge in [-0.2, -0.15) is 0 Å². The molecule has 5 nitrogen and oxygen atoms in total. The zero-order chi connectivity index (χ0) is 14.9. The molecule has 0 atom stereocenters. The van der Waals surface area contributed by atoms with Crippen LogP contribution in [-0.4, -0.2) is 33.7 Å². The maximum atomic E-state index is 12.5. The molecule has 0 radical (unpaired) electrons. The summed E-state index contributed by atoms with van der Waals surface area (Å²) in [6.07, 6.45) is 3.97. The van der Waals surface area contributed by atoms with Gasteiger partial charge in [0.25, 0.3) is 0 Å². The first-order valence-electron chi connectivity index (χ1n) is 7.47. The molecule has 118 valence electrons. The summed E-state index contributed by atoms with van der Waals surface area (Å²) < 4.78 is 33.4. The Morgan fingerprint density at radius 3 is 2.62 bits per heavy atom. The molecule has 2 heterocycles. The van der Waals surface area contributed by atoms with Crippen molar-refractivity contribution in [1.29, 1.82) is 0 Å². The molecule has 2 aliphatic rings. The van der Waals surface area contributed by atoms with E-state index < -0.39 is 10.0 Å². The van der Waals surface area contributed by atoms with Crippen LogP contribution in [0.2, 0.25) is 0 Å². The Morgan fingerprint density at radius 2 is 1.95 bits per heavy atom. The predicted octanol–water partition coefficient (Wildman–Crippen LogP) is 1.77. The van der Waals surface area contributed by atoms with Crippen molar-refractivity contribution >= 4 is 21.4 Å². The molecule has 0 amide bonds. The van der Waals surface area contributed by atoms with Crippen molar-refractivity contribution in [2.45, 2.75) is 55.4 Å². The Hall–Kier alpha value is -0.470. The molecule has 2 fully saturated rings. The Balaban J connectivity index is 1.67. The van der Waals surface area contributed by atoms with E-state index in [1.807, 2.05) is 6.92 Å². The van der Waals surface area contributed by atoms with Crippen molar-refractivity contribution in [3.63, 3.8) is 0 Å². The molecule has 1 aliphatic carbocycles. The van der Waals surface area contributed by atoms with E-state index in [1.165, 1.54) is 24.2 Å². The normalized spacial score (nSPS) is 20.8. The largest absolute Gasteiger partial charge is 0.381 e. The topological polar surface area (TPSA) is 67.4 Å². The lowest BCUT2D eigenvalue weighted by Gasteiger charge is -2.22. The third kappa shape index (κ3) is 4.04. The van der Waals surface area contributed by atoms with Gasteiger partial charge in [-0.1, -0.05) is 0 Å². The van der Waals surface area contributed by atoms with Gasteiger partial charge in [0.2, 0.25) is 10.0 Å². The maximum Gasteiger partial charge on any atom is 0.250 e. The van der Waals surface area contributed by atoms with Gasteiger partial charge in [0, 0.05) is 36.7 Å². The van der Waals surface area contributed by atoms with Crippen molar-refractivity contribution in [2.24, 2.45) is 0 Å². The fraction of sp³-hybridized carbons (Fsp3) is 0.714. The number of hydrogen-bond donors (Lipinski definition) is 2. The van der Waals surface area contributed by atoms with E-state index in [4.69, 9.17) is 4.74 Å². The Morgan fingerprint density at radius 1 is 1.24 bits per heavy atom. The summed E-state index contributed by atoms with van der Waals surface area (Å²) in [6, 6.07) is 2.42. The summed E-state index contributed by atoms with van der Waals surface area (Å²) >= 11 is 1.38. The number of nitrogens with one attached hydrogen (secondary N) is 2. The maximum absolute atomic E-state index is 12.5. The minimum atomic E-state index is -3.40. The van der Waals surface area contributed by atoms with Gasteiger partial charge in [0.15, 0.2) is 0 Å². The number of aryl methyl sites for hydroxylation is 1. The highest BCUT2D eigenvalue weighted by atomic mass is 32.2. The first kappa shape index (κ1) is 15.4. The quantitative estimate of drug-likeness (QED) is 0.834. The van der Waals surface area contributed by atoms with E-state index in [1.54, 1.807) is 6.07 Å². The van der Waals surface area contributed by atoms with Crippen LogP contribution in [0.1, 0.15) is 36.1 Å². The fourth-order valence-electron chi connectivity index (χ4n) is 2.41. The van der Waals surface area contributed by atoms with Gasteiger partial charge in [-0.25, -0.2) is 13.1 Å². The van der Waals surface area contributed by atoms with Crippen LogP contribution < -0.4 is 10.0 Å². The minimum Gasteiger partial charge on any atom is -0.381 e. The molecule has 0 aromatic carbocycles. The van der Waals surface area contributed by atoms with Gasteiger partial charge in [-0.05, 0) is 44.2 Å². The number of ether oxygens (including phenoxy) is 1. The Kier molecular flexibility index (Phi) is 4.66. The second kappa shape index (κ2) is 6.34. The highest BCUT2D eigenvalue weighted by molar-refractivity contribution is 7.91. The van der Waals surface area contributed by atoms with Gasteiger partial charge in [-0.3, -0.25) is 0 Å². The molecule has 21 heavy (non-hydrogen) atoms. The van der Waals surface area contributed by atoms with E-state index in [0.717, 1.165) is 29.8 Å². The molecule has 1 saturated heterocycles. The van der Waals surface area contributed by atoms with E-state index in [0.29, 0.717) is 23.5 Å². The number of hydrogen-bond acceptors (Lipinski definition) is 5. The van der Waals surface area contributed by atoms with E-state index >= 15 is 0 Å². The number of rotatable bonds is 6. The van der Waals surface area contributed by atoms with Crippen molar-refractivity contribution in [3.05, 3.63) is 16.5 Å². The average Bonchev–Trinajstić information content (AvgIpc) is 3.20. The summed E-state index contributed by atoms with van der Waals surface area (Å²) in [5, 5.41) is 3.44. The molecule has 1 aromatic rings. The summed E-state index contributed by atoms with van der Waals surface area (Å²) in [5.41, 5.74) is 1.06. The van der Waals surface area contributed by atoms with E-state index in [9.17, 15) is 8.42 Å². The van der Waals surface area contributed by atoms with Crippen LogP contribution in [0.4, 0.5) is 0 Å². The van der Waals surface area contributed by atoms with Crippen molar-refractivity contribution in [3.8, 4) is 0 Å². The van der Waals surface area contributed by atoms with Gasteiger partial charge in [-0.15, -0.1) is 11.3 Å². The molecule has 1 aliphatic heterocycles. The lowest BCUT2D eigenvalue weighted by molar-refractivity contribution is 0.0832. The minimum absolute atomic E-state index is 0.000745. The smallest absolute Gasteiger partial charge is 0.250 e. The molecule has 0 unspecified atom stereocenters. The summed E-state index contributed by atoms with van der Waals surface area (Å²) in [7, 11) is -3.40. The Labute approximate surface area is 130 Å². The van der Waals surface area contributed by atoms with Crippen LogP contribution >= 0.6 is 11.3 Å². The van der Waals surface area contributed by atoms with E-state index in [-0.39, 0.29) is 6.04 Å². The predicted molar refractivity (Wildman–Crippen MR) is 83.1 cm³/mol. The molecule has 1 saturated carbocycles. The molecule has 0 bridgehead atoms. The monoisotopic (exact) mass is 330 g/mol. The molecular formula is C14H22N2O3S2. The lowest BCUT2D eigenvalue weighted by atomic mass is 10.1. The van der Waals surface area contributed by atoms with Crippen molar-refractivity contribution < 1.29 is 13.2 Å². The average molecular weight is 330 g/mol. The van der Waals surface area contributed by atoms with Crippen LogP contribution in [0.3, 0.4) is 0 Å². The molecule has 7 heteroatoms. The summed E-state index contributed by atoms with van der Waals surface area (Å²) in [4.78, 5) is 1.12. The molecular weight excluding hydrogens is 308 g/mol. The van der Waals surface area contributed by atoms with Gasteiger partial charge in [0.05, 0.1) is 0 Å². The lowest BCUT2D eigenvalue weighted by Crippen LogP contribution is -2.38. The SMILES string of the molecule is Cc1cc(S(=O)(=O)NC2CCOCC2)sc1CNC1CC1. The van der Waals surface area contributed by atoms with Crippen LogP contribution in [0.15, 0.2) is 10.3 Å². The second-order valence-corrected chi connectivity index (χ2v) is 8.91. The summed E-state index contributed by atoms with van der Waals surface area (Å²) in [6.45, 7) is 4.02. The Bertz CT molecular complexity index is 587. The standard InChI is InChI=1S/C14H22N2O3S2/c1-10-8-14(20-13(10)9-15-11-2-3-11)21(17,18)16-12-4-6-19-7-5-12/h8,11-12,15-16H,2-7,9H2,1H3. The second-order valence-electron chi connectivity index (χ2n) is 5.83. The fourth-order valence-corrected chi connectivity index (χ4v) is 5.28.